The van der Waals surface area contributed by atoms with Crippen LogP contribution in [0, 0.1) is 0 Å². The number of imidazole rings is 1. The van der Waals surface area contributed by atoms with E-state index in [1.807, 2.05) is 55.6 Å². The number of para-hydroxylation sites is 3. The van der Waals surface area contributed by atoms with Gasteiger partial charge in [-0.3, -0.25) is 4.99 Å². The van der Waals surface area contributed by atoms with Crippen LogP contribution in [0.5, 0.6) is 5.75 Å². The Bertz CT molecular complexity index is 896. The molecule has 2 N–H and O–H groups in total. The summed E-state index contributed by atoms with van der Waals surface area (Å²) in [7, 11) is 1.86. The highest BCUT2D eigenvalue weighted by Gasteiger charge is 2.22. The average Bonchev–Trinajstić information content (AvgIpc) is 3.18. The van der Waals surface area contributed by atoms with Gasteiger partial charge in [0.05, 0.1) is 11.0 Å². The fourth-order valence-corrected chi connectivity index (χ4v) is 3.79. The van der Waals surface area contributed by atoms with Gasteiger partial charge in [0, 0.05) is 45.9 Å². The van der Waals surface area contributed by atoms with E-state index in [0.29, 0.717) is 0 Å². The smallest absolute Gasteiger partial charge is 0.193 e. The van der Waals surface area contributed by atoms with Crippen LogP contribution in [0.15, 0.2) is 59.6 Å². The SMILES string of the molecule is CN=C(NCCCc1nc2ccccc2[nH]1)N1CCC(Oc2ccccc2)CC1. The monoisotopic (exact) mass is 391 g/mol. The largest absolute Gasteiger partial charge is 0.490 e. The number of nitrogens with one attached hydrogen (secondary N) is 2. The van der Waals surface area contributed by atoms with E-state index in [4.69, 9.17) is 4.74 Å². The van der Waals surface area contributed by atoms with Crippen LogP contribution < -0.4 is 10.1 Å². The molecule has 2 aromatic carbocycles. The van der Waals surface area contributed by atoms with E-state index in [9.17, 15) is 0 Å². The van der Waals surface area contributed by atoms with Crippen LogP contribution in [0.1, 0.15) is 25.1 Å². The number of rotatable bonds is 6. The maximum Gasteiger partial charge on any atom is 0.193 e. The Hall–Kier alpha value is -3.02. The van der Waals surface area contributed by atoms with E-state index in [0.717, 1.165) is 73.9 Å². The number of H-pyrrole nitrogens is 1. The highest BCUT2D eigenvalue weighted by Crippen LogP contribution is 2.18. The summed E-state index contributed by atoms with van der Waals surface area (Å²) in [6, 6.07) is 18.3. The number of aromatic amines is 1. The van der Waals surface area contributed by atoms with Crippen molar-refractivity contribution in [2.45, 2.75) is 31.8 Å². The van der Waals surface area contributed by atoms with Crippen LogP contribution in [0.4, 0.5) is 0 Å². The summed E-state index contributed by atoms with van der Waals surface area (Å²) in [5.74, 6) is 2.98. The third-order valence-corrected chi connectivity index (χ3v) is 5.31. The van der Waals surface area contributed by atoms with Gasteiger partial charge in [-0.2, -0.15) is 0 Å². The van der Waals surface area contributed by atoms with E-state index in [1.165, 1.54) is 0 Å². The van der Waals surface area contributed by atoms with E-state index in [2.05, 4.69) is 31.2 Å². The lowest BCUT2D eigenvalue weighted by molar-refractivity contribution is 0.129. The number of guanidine groups is 1. The Morgan fingerprint density at radius 3 is 2.66 bits per heavy atom. The molecule has 4 rings (SSSR count). The Labute approximate surface area is 172 Å². The number of aromatic nitrogens is 2. The molecule has 0 saturated carbocycles. The molecule has 0 unspecified atom stereocenters. The number of benzene rings is 2. The Kier molecular flexibility index (Phi) is 6.29. The minimum absolute atomic E-state index is 0.278. The van der Waals surface area contributed by atoms with Gasteiger partial charge in [-0.1, -0.05) is 30.3 Å². The summed E-state index contributed by atoms with van der Waals surface area (Å²) < 4.78 is 6.09. The zero-order valence-electron chi connectivity index (χ0n) is 17.0. The Morgan fingerprint density at radius 2 is 1.90 bits per heavy atom. The minimum atomic E-state index is 0.278. The maximum absolute atomic E-state index is 6.09. The van der Waals surface area contributed by atoms with Crippen LogP contribution in [-0.4, -0.2) is 53.6 Å². The number of nitrogens with zero attached hydrogens (tertiary/aromatic N) is 3. The Balaban J connectivity index is 1.19. The van der Waals surface area contributed by atoms with E-state index in [-0.39, 0.29) is 6.10 Å². The molecule has 1 fully saturated rings. The van der Waals surface area contributed by atoms with Gasteiger partial charge in [-0.15, -0.1) is 0 Å². The molecule has 6 nitrogen and oxygen atoms in total. The van der Waals surface area contributed by atoms with Crippen molar-refractivity contribution < 1.29 is 4.74 Å². The first-order valence-corrected chi connectivity index (χ1v) is 10.4. The van der Waals surface area contributed by atoms with Gasteiger partial charge in [0.25, 0.3) is 0 Å². The lowest BCUT2D eigenvalue weighted by atomic mass is 10.1. The van der Waals surface area contributed by atoms with Crippen LogP contribution in [0.3, 0.4) is 0 Å². The fourth-order valence-electron chi connectivity index (χ4n) is 3.79. The molecule has 152 valence electrons. The van der Waals surface area contributed by atoms with Crippen LogP contribution in [0.2, 0.25) is 0 Å². The van der Waals surface area contributed by atoms with Crippen LogP contribution >= 0.6 is 0 Å². The summed E-state index contributed by atoms with van der Waals surface area (Å²) in [5, 5.41) is 3.50. The van der Waals surface area contributed by atoms with Gasteiger partial charge in [0.15, 0.2) is 5.96 Å². The molecule has 29 heavy (non-hydrogen) atoms. The van der Waals surface area contributed by atoms with Gasteiger partial charge >= 0.3 is 0 Å². The molecule has 0 spiro atoms. The molecule has 1 aliphatic rings. The normalized spacial score (nSPS) is 15.6. The summed E-state index contributed by atoms with van der Waals surface area (Å²) in [4.78, 5) is 14.8. The van der Waals surface area contributed by atoms with Crippen molar-refractivity contribution in [3.8, 4) is 5.75 Å². The summed E-state index contributed by atoms with van der Waals surface area (Å²) >= 11 is 0. The van der Waals surface area contributed by atoms with Crippen molar-refractivity contribution in [2.75, 3.05) is 26.7 Å². The van der Waals surface area contributed by atoms with Gasteiger partial charge < -0.3 is 19.9 Å². The second-order valence-corrected chi connectivity index (χ2v) is 7.40. The number of fused-ring (bicyclic) bond motifs is 1. The number of aliphatic imine (C=N–C) groups is 1. The van der Waals surface area contributed by atoms with E-state index in [1.54, 1.807) is 0 Å². The molecule has 1 aromatic heterocycles. The molecule has 0 amide bonds. The Morgan fingerprint density at radius 1 is 1.14 bits per heavy atom. The van der Waals surface area contributed by atoms with Gasteiger partial charge in [-0.05, 0) is 30.7 Å². The van der Waals surface area contributed by atoms with Crippen molar-refractivity contribution in [2.24, 2.45) is 4.99 Å². The molecule has 3 aromatic rings. The first kappa shape index (κ1) is 19.3. The molecule has 6 heteroatoms. The number of hydrogen-bond acceptors (Lipinski definition) is 3. The quantitative estimate of drug-likeness (QED) is 0.383. The summed E-state index contributed by atoms with van der Waals surface area (Å²) in [5.41, 5.74) is 2.14. The topological polar surface area (TPSA) is 65.5 Å². The van der Waals surface area contributed by atoms with Crippen LogP contribution in [0.25, 0.3) is 11.0 Å². The molecular formula is C23H29N5O. The second kappa shape index (κ2) is 9.45. The van der Waals surface area contributed by atoms with Crippen LogP contribution in [-0.2, 0) is 6.42 Å². The lowest BCUT2D eigenvalue weighted by Gasteiger charge is -2.34. The van der Waals surface area contributed by atoms with Crippen molar-refractivity contribution >= 4 is 17.0 Å². The number of piperidine rings is 1. The standard InChI is InChI=1S/C23H29N5O/c1-24-23(25-15-7-12-22-26-20-10-5-6-11-21(20)27-22)28-16-13-19(14-17-28)29-18-8-3-2-4-9-18/h2-6,8-11,19H,7,12-17H2,1H3,(H,24,25)(H,26,27). The first-order valence-electron chi connectivity index (χ1n) is 10.4. The van der Waals surface area contributed by atoms with Crippen molar-refractivity contribution in [1.29, 1.82) is 0 Å². The minimum Gasteiger partial charge on any atom is -0.490 e. The summed E-state index contributed by atoms with van der Waals surface area (Å²) in [6.45, 7) is 2.80. The van der Waals surface area contributed by atoms with Gasteiger partial charge in [-0.25, -0.2) is 4.98 Å². The number of ether oxygens (including phenoxy) is 1. The van der Waals surface area contributed by atoms with E-state index < -0.39 is 0 Å². The second-order valence-electron chi connectivity index (χ2n) is 7.40. The zero-order valence-corrected chi connectivity index (χ0v) is 17.0. The predicted molar refractivity (Wildman–Crippen MR) is 117 cm³/mol. The number of aryl methyl sites for hydroxylation is 1. The third kappa shape index (κ3) is 5.08. The van der Waals surface area contributed by atoms with Gasteiger partial charge in [0.2, 0.25) is 0 Å². The predicted octanol–water partition coefficient (Wildman–Crippen LogP) is 3.61. The molecule has 0 atom stereocenters. The highest BCUT2D eigenvalue weighted by molar-refractivity contribution is 5.80. The van der Waals surface area contributed by atoms with Crippen molar-refractivity contribution in [1.82, 2.24) is 20.2 Å². The molecule has 2 heterocycles. The lowest BCUT2D eigenvalue weighted by Crippen LogP contribution is -2.47. The highest BCUT2D eigenvalue weighted by atomic mass is 16.5. The number of likely N-dealkylation sites (tertiary alicyclic amines) is 1. The van der Waals surface area contributed by atoms with Gasteiger partial charge in [0.1, 0.15) is 17.7 Å². The number of hydrogen-bond donors (Lipinski definition) is 2. The zero-order chi connectivity index (χ0) is 19.9. The average molecular weight is 392 g/mol. The molecule has 0 aliphatic carbocycles. The molecule has 0 radical (unpaired) electrons. The van der Waals surface area contributed by atoms with Crippen molar-refractivity contribution in [3.63, 3.8) is 0 Å². The third-order valence-electron chi connectivity index (χ3n) is 5.31. The molecule has 0 bridgehead atoms. The molecular weight excluding hydrogens is 362 g/mol. The fraction of sp³-hybridized carbons (Fsp3) is 0.391. The molecule has 1 saturated heterocycles. The molecule has 1 aliphatic heterocycles. The maximum atomic E-state index is 6.09. The van der Waals surface area contributed by atoms with E-state index >= 15 is 0 Å². The van der Waals surface area contributed by atoms with Crippen molar-refractivity contribution in [3.05, 3.63) is 60.4 Å². The first-order chi connectivity index (χ1) is 14.3. The summed E-state index contributed by atoms with van der Waals surface area (Å²) in [6.07, 6.45) is 4.22.